The highest BCUT2D eigenvalue weighted by Crippen LogP contribution is 2.32. The Kier molecular flexibility index (Phi) is 9.50. The minimum Gasteiger partial charge on any atom is -0.497 e. The van der Waals surface area contributed by atoms with Gasteiger partial charge in [0.2, 0.25) is 0 Å². The van der Waals surface area contributed by atoms with E-state index in [0.717, 1.165) is 61.3 Å². The maximum Gasteiger partial charge on any atom is 0.251 e. The van der Waals surface area contributed by atoms with Gasteiger partial charge in [0, 0.05) is 41.7 Å². The smallest absolute Gasteiger partial charge is 0.251 e. The highest BCUT2D eigenvalue weighted by atomic mass is 35.5. The van der Waals surface area contributed by atoms with Gasteiger partial charge in [-0.05, 0) is 85.3 Å². The van der Waals surface area contributed by atoms with E-state index in [1.807, 2.05) is 53.5 Å². The van der Waals surface area contributed by atoms with Crippen molar-refractivity contribution in [2.24, 2.45) is 11.8 Å². The van der Waals surface area contributed by atoms with E-state index in [0.29, 0.717) is 29.6 Å². The van der Waals surface area contributed by atoms with Crippen molar-refractivity contribution in [3.05, 3.63) is 100 Å². The number of allylic oxidation sites excluding steroid dienone is 4. The van der Waals surface area contributed by atoms with Crippen LogP contribution in [0.25, 0.3) is 0 Å². The summed E-state index contributed by atoms with van der Waals surface area (Å²) in [6.45, 7) is 10.4. The number of amides is 1. The van der Waals surface area contributed by atoms with E-state index in [2.05, 4.69) is 36.5 Å². The van der Waals surface area contributed by atoms with Crippen LogP contribution >= 0.6 is 11.6 Å². The zero-order valence-corrected chi connectivity index (χ0v) is 23.2. The molecule has 0 bridgehead atoms. The second-order valence-electron chi connectivity index (χ2n) is 10.4. The summed E-state index contributed by atoms with van der Waals surface area (Å²) in [6.07, 6.45) is 12.5. The van der Waals surface area contributed by atoms with E-state index in [-0.39, 0.29) is 11.8 Å². The topological polar surface area (TPSA) is 32.8 Å². The molecule has 5 heteroatoms. The molecule has 0 aromatic heterocycles. The first-order valence-corrected chi connectivity index (χ1v) is 13.7. The van der Waals surface area contributed by atoms with Gasteiger partial charge in [-0.15, -0.1) is 6.42 Å². The Morgan fingerprint density at radius 2 is 1.74 bits per heavy atom. The van der Waals surface area contributed by atoms with Gasteiger partial charge in [0.1, 0.15) is 5.75 Å². The number of nitrogens with zero attached hydrogens (tertiary/aromatic N) is 2. The molecule has 0 spiro atoms. The van der Waals surface area contributed by atoms with Crippen molar-refractivity contribution in [3.8, 4) is 18.1 Å². The number of halogens is 1. The molecule has 0 aliphatic carbocycles. The molecule has 0 radical (unpaired) electrons. The number of hydrogen-bond donors (Lipinski definition) is 0. The molecule has 1 atom stereocenters. The van der Waals surface area contributed by atoms with Crippen LogP contribution in [0, 0.1) is 24.2 Å². The third-order valence-electron chi connectivity index (χ3n) is 7.63. The largest absolute Gasteiger partial charge is 0.497 e. The Hall–Kier alpha value is -3.26. The summed E-state index contributed by atoms with van der Waals surface area (Å²) in [7, 11) is 1.65. The average molecular weight is 529 g/mol. The number of carbonyl (C=O) groups excluding carboxylic acids is 1. The van der Waals surface area contributed by atoms with Crippen molar-refractivity contribution >= 4 is 17.5 Å². The zero-order valence-electron chi connectivity index (χ0n) is 22.5. The molecule has 2 aliphatic rings. The van der Waals surface area contributed by atoms with Gasteiger partial charge in [-0.2, -0.15) is 0 Å². The van der Waals surface area contributed by atoms with Gasteiger partial charge in [0.15, 0.2) is 0 Å². The first-order chi connectivity index (χ1) is 18.4. The van der Waals surface area contributed by atoms with Crippen LogP contribution in [0.15, 0.2) is 83.4 Å². The number of piperidine rings is 1. The molecule has 0 N–H and O–H groups in total. The lowest BCUT2D eigenvalue weighted by atomic mass is 9.89. The van der Waals surface area contributed by atoms with Crippen LogP contribution in [0.4, 0.5) is 0 Å². The van der Waals surface area contributed by atoms with Gasteiger partial charge in [0.25, 0.3) is 5.91 Å². The van der Waals surface area contributed by atoms with E-state index < -0.39 is 0 Å². The zero-order chi connectivity index (χ0) is 27.1. The van der Waals surface area contributed by atoms with Crippen molar-refractivity contribution < 1.29 is 9.53 Å². The maximum absolute atomic E-state index is 13.3. The van der Waals surface area contributed by atoms with Gasteiger partial charge in [-0.1, -0.05) is 61.4 Å². The molecule has 2 aliphatic heterocycles. The first kappa shape index (κ1) is 27.8. The molecule has 2 fully saturated rings. The van der Waals surface area contributed by atoms with Crippen LogP contribution in [0.5, 0.6) is 5.75 Å². The number of likely N-dealkylation sites (tertiary alicyclic amines) is 2. The first-order valence-electron chi connectivity index (χ1n) is 13.3. The van der Waals surface area contributed by atoms with E-state index in [9.17, 15) is 4.79 Å². The number of ether oxygens (including phenoxy) is 1. The van der Waals surface area contributed by atoms with Crippen LogP contribution in [0.3, 0.4) is 0 Å². The summed E-state index contributed by atoms with van der Waals surface area (Å²) >= 11 is 6.78. The van der Waals surface area contributed by atoms with Gasteiger partial charge in [0.05, 0.1) is 7.11 Å². The van der Waals surface area contributed by atoms with Crippen molar-refractivity contribution in [3.63, 3.8) is 0 Å². The van der Waals surface area contributed by atoms with Gasteiger partial charge in [-0.3, -0.25) is 9.69 Å². The summed E-state index contributed by atoms with van der Waals surface area (Å²) in [6, 6.07) is 16.1. The van der Waals surface area contributed by atoms with Crippen LogP contribution < -0.4 is 4.74 Å². The van der Waals surface area contributed by atoms with Crippen LogP contribution in [0.1, 0.15) is 42.9 Å². The SMILES string of the molecule is C#Cc1ccc(CN2CCC(C/C(C=C)=C/C(Cl)=C3/C(=O)N(Cc4ccc(OC)cc4)CC3C)CC2)cc1. The van der Waals surface area contributed by atoms with Gasteiger partial charge >= 0.3 is 0 Å². The summed E-state index contributed by atoms with van der Waals surface area (Å²) in [5.41, 5.74) is 5.08. The number of carbonyl (C=O) groups is 1. The molecule has 198 valence electrons. The Morgan fingerprint density at radius 3 is 2.34 bits per heavy atom. The quantitative estimate of drug-likeness (QED) is 0.210. The predicted molar refractivity (Wildman–Crippen MR) is 156 cm³/mol. The molecule has 38 heavy (non-hydrogen) atoms. The summed E-state index contributed by atoms with van der Waals surface area (Å²) < 4.78 is 5.24. The Morgan fingerprint density at radius 1 is 1.11 bits per heavy atom. The van der Waals surface area contributed by atoms with Crippen LogP contribution in [0.2, 0.25) is 0 Å². The molecule has 4 nitrogen and oxygen atoms in total. The lowest BCUT2D eigenvalue weighted by Crippen LogP contribution is -2.33. The number of benzene rings is 2. The third kappa shape index (κ3) is 6.98. The molecule has 2 aromatic carbocycles. The van der Waals surface area contributed by atoms with Crippen molar-refractivity contribution in [2.75, 3.05) is 26.7 Å². The minimum absolute atomic E-state index is 0.0153. The van der Waals surface area contributed by atoms with Crippen molar-refractivity contribution in [2.45, 2.75) is 39.3 Å². The van der Waals surface area contributed by atoms with Gasteiger partial charge < -0.3 is 9.64 Å². The number of methoxy groups -OCH3 is 1. The highest BCUT2D eigenvalue weighted by Gasteiger charge is 2.34. The van der Waals surface area contributed by atoms with Crippen LogP contribution in [-0.2, 0) is 17.9 Å². The van der Waals surface area contributed by atoms with E-state index in [1.54, 1.807) is 7.11 Å². The maximum atomic E-state index is 13.3. The Balaban J connectivity index is 1.34. The van der Waals surface area contributed by atoms with E-state index in [1.165, 1.54) is 5.56 Å². The molecule has 1 amide bonds. The monoisotopic (exact) mass is 528 g/mol. The second-order valence-corrected chi connectivity index (χ2v) is 10.8. The molecule has 0 saturated carbocycles. The van der Waals surface area contributed by atoms with Crippen molar-refractivity contribution in [1.29, 1.82) is 0 Å². The molecule has 4 rings (SSSR count). The third-order valence-corrected chi connectivity index (χ3v) is 7.94. The average Bonchev–Trinajstić information content (AvgIpc) is 3.22. The highest BCUT2D eigenvalue weighted by molar-refractivity contribution is 6.33. The normalized spacial score (nSPS) is 20.4. The number of hydrogen-bond acceptors (Lipinski definition) is 3. The molecular weight excluding hydrogens is 492 g/mol. The van der Waals surface area contributed by atoms with Crippen molar-refractivity contribution in [1.82, 2.24) is 9.80 Å². The molecule has 2 heterocycles. The molecular formula is C33H37ClN2O2. The molecule has 2 aromatic rings. The van der Waals surface area contributed by atoms with Crippen LogP contribution in [-0.4, -0.2) is 42.5 Å². The summed E-state index contributed by atoms with van der Waals surface area (Å²) in [5.74, 6) is 4.15. The predicted octanol–water partition coefficient (Wildman–Crippen LogP) is 6.56. The second kappa shape index (κ2) is 13.0. The fraction of sp³-hybridized carbons (Fsp3) is 0.364. The molecule has 1 unspecified atom stereocenters. The fourth-order valence-corrected chi connectivity index (χ4v) is 5.81. The minimum atomic E-state index is 0.0153. The van der Waals surface area contributed by atoms with E-state index >= 15 is 0 Å². The summed E-state index contributed by atoms with van der Waals surface area (Å²) in [4.78, 5) is 17.6. The lowest BCUT2D eigenvalue weighted by Gasteiger charge is -2.32. The molecule has 2 saturated heterocycles. The fourth-order valence-electron chi connectivity index (χ4n) is 5.40. The Labute approximate surface area is 232 Å². The Bertz CT molecular complexity index is 1230. The lowest BCUT2D eigenvalue weighted by molar-refractivity contribution is -0.125. The summed E-state index contributed by atoms with van der Waals surface area (Å²) in [5, 5.41) is 0.544. The number of rotatable bonds is 9. The standard InChI is InChI=1S/C33H37ClN2O2/c1-5-25-7-9-28(10-8-25)22-35-17-15-27(16-18-35)19-26(6-2)20-31(34)32-24(3)21-36(33(32)37)23-29-11-13-30(38-4)14-12-29/h1,6-14,20,24,27H,2,15-19,21-23H2,3-4H3/b26-20+,32-31-. The van der Waals surface area contributed by atoms with Gasteiger partial charge in [-0.25, -0.2) is 0 Å². The number of terminal acetylenes is 1. The van der Waals surface area contributed by atoms with E-state index in [4.69, 9.17) is 22.8 Å².